The molecule has 1 heterocycles. The average molecular weight is 286 g/mol. The molecule has 2 N–H and O–H groups in total. The highest BCUT2D eigenvalue weighted by Gasteiger charge is 2.26. The van der Waals surface area contributed by atoms with Crippen LogP contribution in [0.5, 0.6) is 0 Å². The smallest absolute Gasteiger partial charge is 0.326 e. The molecule has 1 saturated heterocycles. The molecule has 0 aromatic carbocycles. The predicted molar refractivity (Wildman–Crippen MR) is 71.2 cm³/mol. The molecular weight excluding hydrogens is 264 g/mol. The molecule has 1 fully saturated rings. The molecule has 0 aromatic rings. The molecule has 0 bridgehead atoms. The number of esters is 1. The van der Waals surface area contributed by atoms with E-state index in [0.29, 0.717) is 19.0 Å². The molecule has 114 valence electrons. The van der Waals surface area contributed by atoms with Gasteiger partial charge in [-0.25, -0.2) is 9.59 Å². The molecule has 0 aromatic heterocycles. The Morgan fingerprint density at radius 1 is 1.35 bits per heavy atom. The number of ether oxygens (including phenoxy) is 1. The zero-order valence-electron chi connectivity index (χ0n) is 11.9. The van der Waals surface area contributed by atoms with Crippen molar-refractivity contribution >= 4 is 18.0 Å². The number of amides is 2. The van der Waals surface area contributed by atoms with Crippen molar-refractivity contribution in [3.63, 3.8) is 0 Å². The second-order valence-corrected chi connectivity index (χ2v) is 5.12. The first-order chi connectivity index (χ1) is 9.43. The third-order valence-electron chi connectivity index (χ3n) is 3.53. The van der Waals surface area contributed by atoms with E-state index < -0.39 is 18.0 Å². The van der Waals surface area contributed by atoms with Gasteiger partial charge in [0.25, 0.3) is 0 Å². The van der Waals surface area contributed by atoms with E-state index in [9.17, 15) is 14.4 Å². The number of methoxy groups -OCH3 is 1. The maximum Gasteiger partial charge on any atom is 0.326 e. The van der Waals surface area contributed by atoms with Crippen molar-refractivity contribution in [2.45, 2.75) is 38.6 Å². The van der Waals surface area contributed by atoms with E-state index in [1.165, 1.54) is 7.11 Å². The lowest BCUT2D eigenvalue weighted by molar-refractivity contribution is -0.142. The van der Waals surface area contributed by atoms with E-state index >= 15 is 0 Å². The number of rotatable bonds is 5. The lowest BCUT2D eigenvalue weighted by atomic mass is 9.99. The van der Waals surface area contributed by atoms with Crippen LogP contribution in [0.3, 0.4) is 0 Å². The summed E-state index contributed by atoms with van der Waals surface area (Å²) in [6.07, 6.45) is 1.84. The minimum absolute atomic E-state index is 0.0258. The average Bonchev–Trinajstić information content (AvgIpc) is 2.43. The van der Waals surface area contributed by atoms with E-state index in [-0.39, 0.29) is 18.9 Å². The van der Waals surface area contributed by atoms with E-state index in [1.807, 2.05) is 0 Å². The third kappa shape index (κ3) is 5.07. The number of aliphatic carboxylic acids is 1. The normalized spacial score (nSPS) is 17.4. The highest BCUT2D eigenvalue weighted by Crippen LogP contribution is 2.16. The van der Waals surface area contributed by atoms with Crippen molar-refractivity contribution in [3.8, 4) is 0 Å². The molecule has 1 aliphatic rings. The largest absolute Gasteiger partial charge is 0.480 e. The summed E-state index contributed by atoms with van der Waals surface area (Å²) in [7, 11) is 1.24. The molecule has 7 nitrogen and oxygen atoms in total. The Labute approximate surface area is 118 Å². The molecule has 1 aliphatic heterocycles. The van der Waals surface area contributed by atoms with Crippen LogP contribution < -0.4 is 5.32 Å². The fourth-order valence-electron chi connectivity index (χ4n) is 2.07. The minimum atomic E-state index is -1.15. The van der Waals surface area contributed by atoms with Crippen molar-refractivity contribution in [2.24, 2.45) is 5.92 Å². The first kappa shape index (κ1) is 16.3. The number of nitrogens with one attached hydrogen (secondary N) is 1. The lowest BCUT2D eigenvalue weighted by Crippen LogP contribution is -2.50. The van der Waals surface area contributed by atoms with Crippen LogP contribution in [0.25, 0.3) is 0 Å². The third-order valence-corrected chi connectivity index (χ3v) is 3.53. The highest BCUT2D eigenvalue weighted by atomic mass is 16.5. The molecule has 2 amide bonds. The van der Waals surface area contributed by atoms with Crippen LogP contribution in [0.4, 0.5) is 4.79 Å². The Kier molecular flexibility index (Phi) is 6.27. The van der Waals surface area contributed by atoms with Crippen molar-refractivity contribution < 1.29 is 24.2 Å². The number of carbonyl (C=O) groups excluding carboxylic acids is 2. The van der Waals surface area contributed by atoms with Gasteiger partial charge in [-0.1, -0.05) is 6.92 Å². The summed E-state index contributed by atoms with van der Waals surface area (Å²) < 4.78 is 4.46. The zero-order chi connectivity index (χ0) is 15.1. The molecular formula is C13H22N2O5. The van der Waals surface area contributed by atoms with Gasteiger partial charge in [-0.05, 0) is 25.2 Å². The van der Waals surface area contributed by atoms with Crippen LogP contribution in [-0.4, -0.2) is 54.2 Å². The first-order valence-corrected chi connectivity index (χ1v) is 6.79. The number of hydrogen-bond donors (Lipinski definition) is 2. The quantitative estimate of drug-likeness (QED) is 0.730. The SMILES string of the molecule is COC(=O)CC[C@H](NC(=O)N1CCC(C)CC1)C(=O)O. The van der Waals surface area contributed by atoms with Crippen molar-refractivity contribution in [3.05, 3.63) is 0 Å². The second-order valence-electron chi connectivity index (χ2n) is 5.12. The number of carboxylic acid groups (broad SMARTS) is 1. The molecule has 1 atom stereocenters. The van der Waals surface area contributed by atoms with Gasteiger partial charge in [0.15, 0.2) is 0 Å². The summed E-state index contributed by atoms with van der Waals surface area (Å²) in [6.45, 7) is 3.40. The molecule has 7 heteroatoms. The first-order valence-electron chi connectivity index (χ1n) is 6.79. The van der Waals surface area contributed by atoms with Crippen LogP contribution in [-0.2, 0) is 14.3 Å². The van der Waals surface area contributed by atoms with Gasteiger partial charge >= 0.3 is 18.0 Å². The molecule has 0 spiro atoms. The summed E-state index contributed by atoms with van der Waals surface area (Å²) >= 11 is 0. The summed E-state index contributed by atoms with van der Waals surface area (Å²) in [6, 6.07) is -1.45. The van der Waals surface area contributed by atoms with Crippen LogP contribution >= 0.6 is 0 Å². The van der Waals surface area contributed by atoms with Crippen LogP contribution in [0.1, 0.15) is 32.6 Å². The fourth-order valence-corrected chi connectivity index (χ4v) is 2.07. The van der Waals surface area contributed by atoms with Gasteiger partial charge in [0.1, 0.15) is 6.04 Å². The Morgan fingerprint density at radius 2 is 1.95 bits per heavy atom. The Hall–Kier alpha value is -1.79. The Bertz CT molecular complexity index is 364. The number of nitrogens with zero attached hydrogens (tertiary/aromatic N) is 1. The molecule has 20 heavy (non-hydrogen) atoms. The zero-order valence-corrected chi connectivity index (χ0v) is 11.9. The van der Waals surface area contributed by atoms with Crippen LogP contribution in [0.2, 0.25) is 0 Å². The lowest BCUT2D eigenvalue weighted by Gasteiger charge is -2.31. The van der Waals surface area contributed by atoms with Gasteiger partial charge < -0.3 is 20.1 Å². The molecule has 0 saturated carbocycles. The predicted octanol–water partition coefficient (Wildman–Crippen LogP) is 0.834. The summed E-state index contributed by atoms with van der Waals surface area (Å²) in [4.78, 5) is 35.7. The van der Waals surface area contributed by atoms with Gasteiger partial charge in [0, 0.05) is 19.5 Å². The van der Waals surface area contributed by atoms with E-state index in [2.05, 4.69) is 17.0 Å². The van der Waals surface area contributed by atoms with Crippen molar-refractivity contribution in [1.29, 1.82) is 0 Å². The van der Waals surface area contributed by atoms with Crippen molar-refractivity contribution in [2.75, 3.05) is 20.2 Å². The number of likely N-dealkylation sites (tertiary alicyclic amines) is 1. The number of carbonyl (C=O) groups is 3. The summed E-state index contributed by atoms with van der Waals surface area (Å²) in [5.74, 6) is -1.04. The van der Waals surface area contributed by atoms with Crippen LogP contribution in [0, 0.1) is 5.92 Å². The molecule has 0 aliphatic carbocycles. The second kappa shape index (κ2) is 7.72. The van der Waals surface area contributed by atoms with Gasteiger partial charge in [0.2, 0.25) is 0 Å². The maximum atomic E-state index is 12.0. The molecule has 0 radical (unpaired) electrons. The maximum absolute atomic E-state index is 12.0. The monoisotopic (exact) mass is 286 g/mol. The number of carboxylic acids is 1. The minimum Gasteiger partial charge on any atom is -0.480 e. The van der Waals surface area contributed by atoms with Gasteiger partial charge in [0.05, 0.1) is 7.11 Å². The van der Waals surface area contributed by atoms with Gasteiger partial charge in [-0.15, -0.1) is 0 Å². The number of piperidine rings is 1. The standard InChI is InChI=1S/C13H22N2O5/c1-9-5-7-15(8-6-9)13(19)14-10(12(17)18)3-4-11(16)20-2/h9-10H,3-8H2,1-2H3,(H,14,19)(H,17,18)/t10-/m0/s1. The number of urea groups is 1. The van der Waals surface area contributed by atoms with Gasteiger partial charge in [-0.3, -0.25) is 4.79 Å². The van der Waals surface area contributed by atoms with E-state index in [1.54, 1.807) is 4.90 Å². The van der Waals surface area contributed by atoms with E-state index in [0.717, 1.165) is 12.8 Å². The highest BCUT2D eigenvalue weighted by molar-refractivity contribution is 5.83. The molecule has 0 unspecified atom stereocenters. The van der Waals surface area contributed by atoms with Crippen molar-refractivity contribution in [1.82, 2.24) is 10.2 Å². The Morgan fingerprint density at radius 3 is 2.45 bits per heavy atom. The summed E-state index contributed by atoms with van der Waals surface area (Å²) in [5.41, 5.74) is 0. The molecule has 1 rings (SSSR count). The summed E-state index contributed by atoms with van der Waals surface area (Å²) in [5, 5.41) is 11.5. The van der Waals surface area contributed by atoms with E-state index in [4.69, 9.17) is 5.11 Å². The topological polar surface area (TPSA) is 95.9 Å². The van der Waals surface area contributed by atoms with Crippen LogP contribution in [0.15, 0.2) is 0 Å². The number of hydrogen-bond acceptors (Lipinski definition) is 4. The fraction of sp³-hybridized carbons (Fsp3) is 0.769. The van der Waals surface area contributed by atoms with Gasteiger partial charge in [-0.2, -0.15) is 0 Å². The Balaban J connectivity index is 2.46.